The van der Waals surface area contributed by atoms with E-state index in [9.17, 15) is 27.5 Å². The SMILES string of the molecule is N[C@H](CC1CCCCC1)C(O)C(=O)NCc1ccc(F)c(C(F)(F)F)c1. The van der Waals surface area contributed by atoms with Gasteiger partial charge in [0.05, 0.1) is 5.56 Å². The molecule has 0 saturated heterocycles. The summed E-state index contributed by atoms with van der Waals surface area (Å²) in [4.78, 5) is 12.0. The Labute approximate surface area is 149 Å². The first kappa shape index (κ1) is 20.6. The second-order valence-corrected chi connectivity index (χ2v) is 6.88. The zero-order valence-electron chi connectivity index (χ0n) is 14.4. The van der Waals surface area contributed by atoms with E-state index in [2.05, 4.69) is 5.32 Å². The summed E-state index contributed by atoms with van der Waals surface area (Å²) in [6.45, 7) is -0.255. The Morgan fingerprint density at radius 2 is 1.92 bits per heavy atom. The number of halogens is 4. The first-order valence-corrected chi connectivity index (χ1v) is 8.75. The molecule has 0 aliphatic heterocycles. The highest BCUT2D eigenvalue weighted by molar-refractivity contribution is 5.81. The van der Waals surface area contributed by atoms with E-state index in [4.69, 9.17) is 5.73 Å². The van der Waals surface area contributed by atoms with E-state index in [0.717, 1.165) is 31.7 Å². The maximum absolute atomic E-state index is 13.3. The predicted molar refractivity (Wildman–Crippen MR) is 88.4 cm³/mol. The highest BCUT2D eigenvalue weighted by atomic mass is 19.4. The number of carbonyl (C=O) groups excluding carboxylic acids is 1. The van der Waals surface area contributed by atoms with Crippen molar-refractivity contribution in [3.8, 4) is 0 Å². The van der Waals surface area contributed by atoms with Crippen molar-refractivity contribution in [2.45, 2.75) is 63.4 Å². The van der Waals surface area contributed by atoms with Crippen molar-refractivity contribution in [2.24, 2.45) is 11.7 Å². The number of nitrogens with one attached hydrogen (secondary N) is 1. The summed E-state index contributed by atoms with van der Waals surface area (Å²) < 4.78 is 51.4. The van der Waals surface area contributed by atoms with Crippen molar-refractivity contribution in [1.82, 2.24) is 5.32 Å². The van der Waals surface area contributed by atoms with Crippen molar-refractivity contribution in [3.63, 3.8) is 0 Å². The van der Waals surface area contributed by atoms with Gasteiger partial charge >= 0.3 is 6.18 Å². The molecule has 146 valence electrons. The number of rotatable bonds is 6. The van der Waals surface area contributed by atoms with Crippen LogP contribution in [0.4, 0.5) is 17.6 Å². The molecule has 1 aromatic rings. The van der Waals surface area contributed by atoms with Gasteiger partial charge in [0.25, 0.3) is 5.91 Å². The fourth-order valence-corrected chi connectivity index (χ4v) is 3.32. The molecule has 8 heteroatoms. The summed E-state index contributed by atoms with van der Waals surface area (Å²) in [5.74, 6) is -1.74. The molecule has 1 saturated carbocycles. The number of hydrogen-bond donors (Lipinski definition) is 3. The van der Waals surface area contributed by atoms with E-state index in [0.29, 0.717) is 24.5 Å². The number of aliphatic hydroxyl groups is 1. The second kappa shape index (κ2) is 8.81. The lowest BCUT2D eigenvalue weighted by Gasteiger charge is -2.26. The van der Waals surface area contributed by atoms with Crippen LogP contribution in [0.1, 0.15) is 49.7 Å². The van der Waals surface area contributed by atoms with Gasteiger partial charge in [0.2, 0.25) is 0 Å². The minimum atomic E-state index is -4.81. The summed E-state index contributed by atoms with van der Waals surface area (Å²) in [6.07, 6.45) is -0.242. The molecule has 0 heterocycles. The first-order chi connectivity index (χ1) is 12.2. The molecule has 2 atom stereocenters. The number of aliphatic hydroxyl groups excluding tert-OH is 1. The van der Waals surface area contributed by atoms with Crippen LogP contribution >= 0.6 is 0 Å². The lowest BCUT2D eigenvalue weighted by Crippen LogP contribution is -2.47. The van der Waals surface area contributed by atoms with Crippen molar-refractivity contribution < 1.29 is 27.5 Å². The predicted octanol–water partition coefficient (Wildman–Crippen LogP) is 3.12. The van der Waals surface area contributed by atoms with Gasteiger partial charge in [-0.25, -0.2) is 4.39 Å². The molecule has 4 N–H and O–H groups in total. The van der Waals surface area contributed by atoms with E-state index in [1.54, 1.807) is 0 Å². The molecule has 1 aliphatic rings. The van der Waals surface area contributed by atoms with Gasteiger partial charge in [-0.15, -0.1) is 0 Å². The quantitative estimate of drug-likeness (QED) is 0.668. The average Bonchev–Trinajstić information content (AvgIpc) is 2.59. The fraction of sp³-hybridized carbons (Fsp3) is 0.611. The molecule has 26 heavy (non-hydrogen) atoms. The van der Waals surface area contributed by atoms with Crippen molar-refractivity contribution in [3.05, 3.63) is 35.1 Å². The van der Waals surface area contributed by atoms with Gasteiger partial charge in [-0.05, 0) is 30.0 Å². The largest absolute Gasteiger partial charge is 0.419 e. The van der Waals surface area contributed by atoms with Gasteiger partial charge < -0.3 is 16.2 Å². The molecule has 1 unspecified atom stereocenters. The topological polar surface area (TPSA) is 75.3 Å². The van der Waals surface area contributed by atoms with Crippen LogP contribution in [0.2, 0.25) is 0 Å². The van der Waals surface area contributed by atoms with Gasteiger partial charge in [-0.3, -0.25) is 4.79 Å². The van der Waals surface area contributed by atoms with E-state index < -0.39 is 35.6 Å². The van der Waals surface area contributed by atoms with E-state index in [1.165, 1.54) is 6.42 Å². The Morgan fingerprint density at radius 1 is 1.27 bits per heavy atom. The highest BCUT2D eigenvalue weighted by Crippen LogP contribution is 2.32. The molecule has 1 fully saturated rings. The number of amides is 1. The third-order valence-corrected chi connectivity index (χ3v) is 4.81. The van der Waals surface area contributed by atoms with Crippen LogP contribution < -0.4 is 11.1 Å². The van der Waals surface area contributed by atoms with Crippen molar-refractivity contribution in [2.75, 3.05) is 0 Å². The van der Waals surface area contributed by atoms with Crippen LogP contribution in [-0.2, 0) is 17.5 Å². The number of alkyl halides is 3. The number of hydrogen-bond acceptors (Lipinski definition) is 3. The lowest BCUT2D eigenvalue weighted by molar-refractivity contribution is -0.140. The van der Waals surface area contributed by atoms with Crippen LogP contribution in [0.25, 0.3) is 0 Å². The first-order valence-electron chi connectivity index (χ1n) is 8.75. The Bertz CT molecular complexity index is 616. The lowest BCUT2D eigenvalue weighted by atomic mass is 9.84. The van der Waals surface area contributed by atoms with E-state index >= 15 is 0 Å². The Balaban J connectivity index is 1.89. The number of benzene rings is 1. The normalized spacial score (nSPS) is 18.4. The maximum Gasteiger partial charge on any atom is 0.419 e. The van der Waals surface area contributed by atoms with Crippen LogP contribution in [0, 0.1) is 11.7 Å². The number of carbonyl (C=O) groups is 1. The van der Waals surface area contributed by atoms with Crippen molar-refractivity contribution >= 4 is 5.91 Å². The molecule has 0 bridgehead atoms. The van der Waals surface area contributed by atoms with Gasteiger partial charge in [-0.2, -0.15) is 13.2 Å². The smallest absolute Gasteiger partial charge is 0.382 e. The Morgan fingerprint density at radius 3 is 2.54 bits per heavy atom. The molecule has 4 nitrogen and oxygen atoms in total. The van der Waals surface area contributed by atoms with Gasteiger partial charge in [0.15, 0.2) is 0 Å². The minimum Gasteiger partial charge on any atom is -0.382 e. The molecule has 0 spiro atoms. The fourth-order valence-electron chi connectivity index (χ4n) is 3.32. The number of nitrogens with two attached hydrogens (primary N) is 1. The second-order valence-electron chi connectivity index (χ2n) is 6.88. The molecule has 1 aliphatic carbocycles. The zero-order valence-corrected chi connectivity index (χ0v) is 14.4. The minimum absolute atomic E-state index is 0.0835. The van der Waals surface area contributed by atoms with Crippen LogP contribution in [0.3, 0.4) is 0 Å². The molecule has 0 radical (unpaired) electrons. The molecule has 0 aromatic heterocycles. The molecular weight excluding hydrogens is 352 g/mol. The summed E-state index contributed by atoms with van der Waals surface area (Å²) in [5.41, 5.74) is 4.60. The van der Waals surface area contributed by atoms with Crippen LogP contribution in [-0.4, -0.2) is 23.2 Å². The van der Waals surface area contributed by atoms with Crippen LogP contribution in [0.5, 0.6) is 0 Å². The van der Waals surface area contributed by atoms with E-state index in [-0.39, 0.29) is 12.1 Å². The third kappa shape index (κ3) is 5.67. The molecule has 1 aromatic carbocycles. The molecule has 2 rings (SSSR count). The van der Waals surface area contributed by atoms with Gasteiger partial charge in [-0.1, -0.05) is 38.2 Å². The monoisotopic (exact) mass is 376 g/mol. The van der Waals surface area contributed by atoms with Gasteiger partial charge in [0, 0.05) is 12.6 Å². The highest BCUT2D eigenvalue weighted by Gasteiger charge is 2.34. The van der Waals surface area contributed by atoms with Gasteiger partial charge in [0.1, 0.15) is 11.9 Å². The van der Waals surface area contributed by atoms with Crippen molar-refractivity contribution in [1.29, 1.82) is 0 Å². The van der Waals surface area contributed by atoms with E-state index in [1.807, 2.05) is 0 Å². The summed E-state index contributed by atoms with van der Waals surface area (Å²) in [6, 6.07) is 1.77. The molecule has 1 amide bonds. The third-order valence-electron chi connectivity index (χ3n) is 4.81. The average molecular weight is 376 g/mol. The maximum atomic E-state index is 13.3. The Kier molecular flexibility index (Phi) is 7.00. The Hall–Kier alpha value is -1.67. The standard InChI is InChI=1S/C18H24F4N2O2/c19-14-7-6-12(8-13(14)18(20,21)22)10-24-17(26)16(25)15(23)9-11-4-2-1-3-5-11/h6-8,11,15-16,25H,1-5,9-10,23H2,(H,24,26)/t15-,16?/m1/s1. The summed E-state index contributed by atoms with van der Waals surface area (Å²) in [7, 11) is 0. The van der Waals surface area contributed by atoms with Crippen LogP contribution in [0.15, 0.2) is 18.2 Å². The summed E-state index contributed by atoms with van der Waals surface area (Å²) in [5, 5.41) is 12.4. The molecular formula is C18H24F4N2O2. The zero-order chi connectivity index (χ0) is 19.3. The summed E-state index contributed by atoms with van der Waals surface area (Å²) >= 11 is 0.